The zero-order chi connectivity index (χ0) is 24.0. The van der Waals surface area contributed by atoms with E-state index in [2.05, 4.69) is 16.4 Å². The van der Waals surface area contributed by atoms with Crippen LogP contribution in [0.4, 0.5) is 0 Å². The Bertz CT molecular complexity index is 1110. The molecule has 172 valence electrons. The third kappa shape index (κ3) is 4.91. The predicted octanol–water partition coefficient (Wildman–Crippen LogP) is 3.91. The van der Waals surface area contributed by atoms with Crippen LogP contribution in [0.5, 0.6) is 17.2 Å². The molecule has 1 atom stereocenters. The van der Waals surface area contributed by atoms with E-state index in [1.54, 1.807) is 31.5 Å². The van der Waals surface area contributed by atoms with Gasteiger partial charge in [-0.05, 0) is 36.2 Å². The Kier molecular flexibility index (Phi) is 7.85. The Morgan fingerprint density at radius 3 is 2.39 bits per heavy atom. The number of aromatic nitrogens is 1. The lowest BCUT2D eigenvalue weighted by molar-refractivity contribution is -0.136. The van der Waals surface area contributed by atoms with Gasteiger partial charge in [-0.2, -0.15) is 5.26 Å². The second-order valence-electron chi connectivity index (χ2n) is 7.05. The van der Waals surface area contributed by atoms with Gasteiger partial charge in [0.05, 0.1) is 56.6 Å². The first-order chi connectivity index (χ1) is 16.0. The van der Waals surface area contributed by atoms with Crippen molar-refractivity contribution in [2.75, 3.05) is 28.4 Å². The molecular formula is C24H25N3O5S. The summed E-state index contributed by atoms with van der Waals surface area (Å²) in [5.74, 6) is 0.663. The van der Waals surface area contributed by atoms with Gasteiger partial charge in [-0.25, -0.2) is 4.79 Å². The van der Waals surface area contributed by atoms with Crippen molar-refractivity contribution in [3.8, 4) is 23.3 Å². The smallest absolute Gasteiger partial charge is 0.336 e. The van der Waals surface area contributed by atoms with Crippen LogP contribution < -0.4 is 19.5 Å². The van der Waals surface area contributed by atoms with E-state index in [1.165, 1.54) is 40.2 Å². The number of dihydropyridines is 1. The number of allylic oxidation sites excluding steroid dienone is 2. The van der Waals surface area contributed by atoms with Crippen molar-refractivity contribution in [2.24, 2.45) is 0 Å². The second-order valence-corrected chi connectivity index (χ2v) is 8.04. The highest BCUT2D eigenvalue weighted by molar-refractivity contribution is 8.02. The Balaban J connectivity index is 2.16. The molecule has 1 aliphatic rings. The van der Waals surface area contributed by atoms with Gasteiger partial charge in [-0.3, -0.25) is 4.98 Å². The molecule has 8 nitrogen and oxygen atoms in total. The Labute approximate surface area is 197 Å². The first-order valence-corrected chi connectivity index (χ1v) is 11.0. The summed E-state index contributed by atoms with van der Waals surface area (Å²) < 4.78 is 21.5. The molecule has 1 aromatic carbocycles. The summed E-state index contributed by atoms with van der Waals surface area (Å²) in [6.45, 7) is 1.79. The molecule has 0 radical (unpaired) electrons. The standard InChI is InChI=1S/C24H25N3O5S/c1-14-20(24(28)32-5)21(16-9-18(29-2)22(31-4)19(10-16)30-3)17(11-25)23(27-14)33-13-15-7-6-8-26-12-15/h6-10,12,21,27H,13H2,1-5H3. The molecule has 9 heteroatoms. The number of carbonyl (C=O) groups excluding carboxylic acids is 1. The molecule has 0 bridgehead atoms. The third-order valence-corrected chi connectivity index (χ3v) is 6.27. The number of benzene rings is 1. The van der Waals surface area contributed by atoms with Gasteiger partial charge in [-0.15, -0.1) is 11.8 Å². The molecule has 0 saturated heterocycles. The lowest BCUT2D eigenvalue weighted by Crippen LogP contribution is -2.28. The number of methoxy groups -OCH3 is 4. The molecule has 2 heterocycles. The van der Waals surface area contributed by atoms with Crippen LogP contribution in [0, 0.1) is 11.3 Å². The van der Waals surface area contributed by atoms with Crippen LogP contribution in [0.25, 0.3) is 0 Å². The maximum Gasteiger partial charge on any atom is 0.336 e. The lowest BCUT2D eigenvalue weighted by atomic mass is 9.82. The zero-order valence-electron chi connectivity index (χ0n) is 19.1. The van der Waals surface area contributed by atoms with Crippen LogP contribution in [0.1, 0.15) is 24.0 Å². The summed E-state index contributed by atoms with van der Waals surface area (Å²) in [6.07, 6.45) is 3.49. The first kappa shape index (κ1) is 24.0. The summed E-state index contributed by atoms with van der Waals surface area (Å²) in [4.78, 5) is 16.9. The molecule has 0 fully saturated rings. The normalized spacial score (nSPS) is 15.5. The lowest BCUT2D eigenvalue weighted by Gasteiger charge is -2.29. The number of hydrogen-bond acceptors (Lipinski definition) is 9. The minimum Gasteiger partial charge on any atom is -0.493 e. The fourth-order valence-corrected chi connectivity index (χ4v) is 4.67. The summed E-state index contributed by atoms with van der Waals surface area (Å²) in [7, 11) is 5.86. The van der Waals surface area contributed by atoms with Crippen molar-refractivity contribution < 1.29 is 23.7 Å². The van der Waals surface area contributed by atoms with Gasteiger partial charge in [0, 0.05) is 23.8 Å². The number of nitrogens with one attached hydrogen (secondary N) is 1. The van der Waals surface area contributed by atoms with Crippen molar-refractivity contribution in [1.29, 1.82) is 5.26 Å². The average molecular weight is 468 g/mol. The number of rotatable bonds is 8. The molecule has 33 heavy (non-hydrogen) atoms. The van der Waals surface area contributed by atoms with Gasteiger partial charge >= 0.3 is 5.97 Å². The molecule has 1 aromatic heterocycles. The number of nitrogens with zero attached hydrogens (tertiary/aromatic N) is 2. The van der Waals surface area contributed by atoms with Crippen LogP contribution in [0.2, 0.25) is 0 Å². The van der Waals surface area contributed by atoms with Gasteiger partial charge in [0.15, 0.2) is 11.5 Å². The topological polar surface area (TPSA) is 103 Å². The van der Waals surface area contributed by atoms with Crippen molar-refractivity contribution >= 4 is 17.7 Å². The SMILES string of the molecule is COC(=O)C1=C(C)NC(SCc2cccnc2)=C(C#N)C1c1cc(OC)c(OC)c(OC)c1. The molecule has 0 amide bonds. The van der Waals surface area contributed by atoms with E-state index in [4.69, 9.17) is 18.9 Å². The average Bonchev–Trinajstić information content (AvgIpc) is 2.86. The first-order valence-electron chi connectivity index (χ1n) is 10.0. The number of hydrogen-bond donors (Lipinski definition) is 1. The molecule has 0 saturated carbocycles. The summed E-state index contributed by atoms with van der Waals surface area (Å²) in [5, 5.41) is 14.0. The molecule has 1 unspecified atom stereocenters. The van der Waals surface area contributed by atoms with E-state index in [0.29, 0.717) is 50.4 Å². The maximum absolute atomic E-state index is 12.8. The van der Waals surface area contributed by atoms with Crippen molar-refractivity contribution in [1.82, 2.24) is 10.3 Å². The number of carbonyl (C=O) groups is 1. The quantitative estimate of drug-likeness (QED) is 0.579. The highest BCUT2D eigenvalue weighted by Crippen LogP contribution is 2.46. The minimum atomic E-state index is -0.686. The largest absolute Gasteiger partial charge is 0.493 e. The van der Waals surface area contributed by atoms with Crippen LogP contribution in [-0.4, -0.2) is 39.4 Å². The highest BCUT2D eigenvalue weighted by atomic mass is 32.2. The molecule has 1 aliphatic heterocycles. The van der Waals surface area contributed by atoms with Crippen molar-refractivity contribution in [3.05, 3.63) is 69.7 Å². The Morgan fingerprint density at radius 2 is 1.88 bits per heavy atom. The van der Waals surface area contributed by atoms with Crippen LogP contribution in [0.3, 0.4) is 0 Å². The van der Waals surface area contributed by atoms with Crippen molar-refractivity contribution in [2.45, 2.75) is 18.6 Å². The third-order valence-electron chi connectivity index (χ3n) is 5.18. The maximum atomic E-state index is 12.8. The fraction of sp³-hybridized carbons (Fsp3) is 0.292. The van der Waals surface area contributed by atoms with Gasteiger partial charge in [0.1, 0.15) is 0 Å². The molecular weight excluding hydrogens is 442 g/mol. The molecule has 3 rings (SSSR count). The van der Waals surface area contributed by atoms with Gasteiger partial charge in [-0.1, -0.05) is 6.07 Å². The monoisotopic (exact) mass is 467 g/mol. The fourth-order valence-electron chi connectivity index (χ4n) is 3.65. The number of pyridine rings is 1. The number of nitriles is 1. The summed E-state index contributed by atoms with van der Waals surface area (Å²) in [5.41, 5.74) is 2.99. The van der Waals surface area contributed by atoms with Crippen LogP contribution in [-0.2, 0) is 15.3 Å². The summed E-state index contributed by atoms with van der Waals surface area (Å²) in [6, 6.07) is 9.62. The van der Waals surface area contributed by atoms with Crippen LogP contribution in [0.15, 0.2) is 58.5 Å². The van der Waals surface area contributed by atoms with Crippen molar-refractivity contribution in [3.63, 3.8) is 0 Å². The van der Waals surface area contributed by atoms with Crippen LogP contribution >= 0.6 is 11.8 Å². The van der Waals surface area contributed by atoms with E-state index in [0.717, 1.165) is 5.56 Å². The van der Waals surface area contributed by atoms with E-state index < -0.39 is 11.9 Å². The molecule has 0 aliphatic carbocycles. The predicted molar refractivity (Wildman–Crippen MR) is 125 cm³/mol. The number of thioether (sulfide) groups is 1. The minimum absolute atomic E-state index is 0.342. The second kappa shape index (κ2) is 10.8. The van der Waals surface area contributed by atoms with E-state index >= 15 is 0 Å². The molecule has 1 N–H and O–H groups in total. The summed E-state index contributed by atoms with van der Waals surface area (Å²) >= 11 is 1.47. The van der Waals surface area contributed by atoms with E-state index in [-0.39, 0.29) is 0 Å². The van der Waals surface area contributed by atoms with E-state index in [9.17, 15) is 10.1 Å². The molecule has 2 aromatic rings. The zero-order valence-corrected chi connectivity index (χ0v) is 19.9. The van der Waals surface area contributed by atoms with Gasteiger partial charge in [0.25, 0.3) is 0 Å². The van der Waals surface area contributed by atoms with E-state index in [1.807, 2.05) is 12.1 Å². The number of esters is 1. The molecule has 0 spiro atoms. The van der Waals surface area contributed by atoms with Gasteiger partial charge < -0.3 is 24.3 Å². The number of ether oxygens (including phenoxy) is 4. The Hall–Kier alpha value is -3.64. The van der Waals surface area contributed by atoms with Gasteiger partial charge in [0.2, 0.25) is 5.75 Å². The Morgan fingerprint density at radius 1 is 1.18 bits per heavy atom. The highest BCUT2D eigenvalue weighted by Gasteiger charge is 2.36.